The van der Waals surface area contributed by atoms with Gasteiger partial charge in [-0.3, -0.25) is 0 Å². The highest BCUT2D eigenvalue weighted by atomic mass is 32.2. The highest BCUT2D eigenvalue weighted by Crippen LogP contribution is 2.18. The topological polar surface area (TPSA) is 97.1 Å². The van der Waals surface area contributed by atoms with Crippen LogP contribution in [0.5, 0.6) is 0 Å². The first-order valence-corrected chi connectivity index (χ1v) is 8.03. The fraction of sp³-hybridized carbons (Fsp3) is 0.818. The van der Waals surface area contributed by atoms with Crippen molar-refractivity contribution in [2.45, 2.75) is 44.4 Å². The third-order valence-electron chi connectivity index (χ3n) is 3.02. The minimum absolute atomic E-state index is 0.287. The van der Waals surface area contributed by atoms with E-state index in [2.05, 4.69) is 20.2 Å². The van der Waals surface area contributed by atoms with Gasteiger partial charge in [-0.2, -0.15) is 4.98 Å². The Hall–Kier alpha value is -0.990. The molecule has 1 aromatic heterocycles. The van der Waals surface area contributed by atoms with Gasteiger partial charge in [-0.1, -0.05) is 5.16 Å². The Kier molecular flexibility index (Phi) is 4.54. The van der Waals surface area contributed by atoms with Crippen LogP contribution in [0.1, 0.15) is 31.5 Å². The summed E-state index contributed by atoms with van der Waals surface area (Å²) in [5.74, 6) is 1.00. The smallest absolute Gasteiger partial charge is 0.223 e. The summed E-state index contributed by atoms with van der Waals surface area (Å²) < 4.78 is 31.3. The molecule has 1 aromatic rings. The van der Waals surface area contributed by atoms with Gasteiger partial charge < -0.3 is 9.84 Å². The van der Waals surface area contributed by atoms with Crippen molar-refractivity contribution in [1.29, 1.82) is 0 Å². The summed E-state index contributed by atoms with van der Waals surface area (Å²) in [5.41, 5.74) is 0. The molecule has 1 heterocycles. The number of sulfonamides is 1. The lowest BCUT2D eigenvalue weighted by Crippen LogP contribution is -2.40. The third kappa shape index (κ3) is 4.55. The number of hydrogen-bond donors (Lipinski definition) is 2. The molecule has 0 amide bonds. The molecule has 0 radical (unpaired) electrons. The minimum Gasteiger partial charge on any atom is -0.340 e. The van der Waals surface area contributed by atoms with Crippen LogP contribution in [-0.2, 0) is 16.4 Å². The lowest BCUT2D eigenvalue weighted by molar-refractivity contribution is 0.387. The molecule has 1 saturated carbocycles. The first-order chi connectivity index (χ1) is 8.97. The molecule has 1 aliphatic carbocycles. The Balaban J connectivity index is 1.72. The van der Waals surface area contributed by atoms with Crippen LogP contribution in [0.4, 0.5) is 0 Å². The predicted octanol–water partition coefficient (Wildman–Crippen LogP) is -0.0196. The monoisotopic (exact) mass is 288 g/mol. The molecule has 0 saturated heterocycles. The molecule has 1 aliphatic rings. The zero-order valence-corrected chi connectivity index (χ0v) is 12.0. The van der Waals surface area contributed by atoms with E-state index in [0.29, 0.717) is 30.7 Å². The van der Waals surface area contributed by atoms with Crippen LogP contribution in [0.15, 0.2) is 4.52 Å². The van der Waals surface area contributed by atoms with E-state index in [1.54, 1.807) is 13.8 Å². The van der Waals surface area contributed by atoms with Crippen LogP contribution in [0.2, 0.25) is 0 Å². The van der Waals surface area contributed by atoms with E-state index in [1.165, 1.54) is 0 Å². The summed E-state index contributed by atoms with van der Waals surface area (Å²) >= 11 is 0. The van der Waals surface area contributed by atoms with Crippen molar-refractivity contribution in [3.63, 3.8) is 0 Å². The first kappa shape index (κ1) is 14.4. The lowest BCUT2D eigenvalue weighted by Gasteiger charge is -2.14. The Morgan fingerprint density at radius 3 is 2.79 bits per heavy atom. The molecule has 8 heteroatoms. The van der Waals surface area contributed by atoms with Crippen molar-refractivity contribution in [2.24, 2.45) is 0 Å². The Labute approximate surface area is 113 Å². The number of nitrogens with one attached hydrogen (secondary N) is 2. The second-order valence-corrected chi connectivity index (χ2v) is 7.10. The SMILES string of the molecule is Cc1nc(CCNS(=O)(=O)C(C)CNC2CC2)no1. The summed E-state index contributed by atoms with van der Waals surface area (Å²) in [4.78, 5) is 4.02. The second kappa shape index (κ2) is 5.98. The van der Waals surface area contributed by atoms with Gasteiger partial charge in [0.05, 0.1) is 5.25 Å². The van der Waals surface area contributed by atoms with Gasteiger partial charge in [-0.15, -0.1) is 0 Å². The fourth-order valence-corrected chi connectivity index (χ4v) is 2.61. The van der Waals surface area contributed by atoms with E-state index in [9.17, 15) is 8.42 Å². The van der Waals surface area contributed by atoms with Gasteiger partial charge in [-0.25, -0.2) is 13.1 Å². The summed E-state index contributed by atoms with van der Waals surface area (Å²) in [6, 6.07) is 0.514. The van der Waals surface area contributed by atoms with Crippen LogP contribution in [0.25, 0.3) is 0 Å². The van der Waals surface area contributed by atoms with Crippen molar-refractivity contribution in [1.82, 2.24) is 20.2 Å². The highest BCUT2D eigenvalue weighted by Gasteiger charge is 2.25. The zero-order chi connectivity index (χ0) is 13.9. The molecule has 0 aromatic carbocycles. The van der Waals surface area contributed by atoms with Gasteiger partial charge in [0.25, 0.3) is 0 Å². The molecule has 7 nitrogen and oxygen atoms in total. The van der Waals surface area contributed by atoms with Crippen molar-refractivity contribution < 1.29 is 12.9 Å². The normalized spacial score (nSPS) is 17.6. The fourth-order valence-electron chi connectivity index (χ4n) is 1.62. The third-order valence-corrected chi connectivity index (χ3v) is 4.86. The van der Waals surface area contributed by atoms with Crippen LogP contribution in [0, 0.1) is 6.92 Å². The van der Waals surface area contributed by atoms with E-state index >= 15 is 0 Å². The summed E-state index contributed by atoms with van der Waals surface area (Å²) in [6.07, 6.45) is 2.73. The molecular formula is C11H20N4O3S. The van der Waals surface area contributed by atoms with Gasteiger partial charge in [0.1, 0.15) is 0 Å². The number of hydrogen-bond acceptors (Lipinski definition) is 6. The van der Waals surface area contributed by atoms with Gasteiger partial charge in [0, 0.05) is 32.5 Å². The summed E-state index contributed by atoms with van der Waals surface area (Å²) in [6.45, 7) is 4.18. The summed E-state index contributed by atoms with van der Waals surface area (Å²) in [5, 5.41) is 6.49. The Morgan fingerprint density at radius 2 is 2.21 bits per heavy atom. The standard InChI is InChI=1S/C11H20N4O3S/c1-8(7-12-10-3-4-10)19(16,17)13-6-5-11-14-9(2)18-15-11/h8,10,12-13H,3-7H2,1-2H3. The average Bonchev–Trinajstić information content (AvgIpc) is 3.09. The molecular weight excluding hydrogens is 268 g/mol. The quantitative estimate of drug-likeness (QED) is 0.698. The van der Waals surface area contributed by atoms with Crippen LogP contribution >= 0.6 is 0 Å². The second-order valence-electron chi connectivity index (χ2n) is 4.91. The maximum Gasteiger partial charge on any atom is 0.223 e. The summed E-state index contributed by atoms with van der Waals surface area (Å²) in [7, 11) is -3.29. The van der Waals surface area contributed by atoms with Gasteiger partial charge in [-0.05, 0) is 19.8 Å². The molecule has 108 valence electrons. The molecule has 0 bridgehead atoms. The zero-order valence-electron chi connectivity index (χ0n) is 11.2. The van der Waals surface area contributed by atoms with Crippen molar-refractivity contribution >= 4 is 10.0 Å². The van der Waals surface area contributed by atoms with E-state index in [-0.39, 0.29) is 6.54 Å². The van der Waals surface area contributed by atoms with Crippen LogP contribution in [0.3, 0.4) is 0 Å². The van der Waals surface area contributed by atoms with Crippen molar-refractivity contribution in [3.8, 4) is 0 Å². The van der Waals surface area contributed by atoms with E-state index in [1.807, 2.05) is 0 Å². The maximum atomic E-state index is 11.9. The lowest BCUT2D eigenvalue weighted by atomic mass is 10.4. The van der Waals surface area contributed by atoms with Crippen molar-refractivity contribution in [2.75, 3.05) is 13.1 Å². The van der Waals surface area contributed by atoms with Crippen LogP contribution < -0.4 is 10.0 Å². The van der Waals surface area contributed by atoms with Crippen molar-refractivity contribution in [3.05, 3.63) is 11.7 Å². The molecule has 1 fully saturated rings. The van der Waals surface area contributed by atoms with E-state index in [0.717, 1.165) is 12.8 Å². The molecule has 2 rings (SSSR count). The van der Waals surface area contributed by atoms with Crippen LogP contribution in [-0.4, -0.2) is 42.9 Å². The molecule has 1 unspecified atom stereocenters. The number of aryl methyl sites for hydroxylation is 1. The van der Waals surface area contributed by atoms with Gasteiger partial charge in [0.2, 0.25) is 15.9 Å². The molecule has 2 N–H and O–H groups in total. The van der Waals surface area contributed by atoms with E-state index < -0.39 is 15.3 Å². The Bertz CT molecular complexity index is 510. The molecule has 0 spiro atoms. The molecule has 0 aliphatic heterocycles. The van der Waals surface area contributed by atoms with Gasteiger partial charge >= 0.3 is 0 Å². The first-order valence-electron chi connectivity index (χ1n) is 6.48. The Morgan fingerprint density at radius 1 is 1.47 bits per heavy atom. The molecule has 19 heavy (non-hydrogen) atoms. The number of aromatic nitrogens is 2. The predicted molar refractivity (Wildman–Crippen MR) is 70.1 cm³/mol. The number of rotatable bonds is 8. The molecule has 1 atom stereocenters. The maximum absolute atomic E-state index is 11.9. The largest absolute Gasteiger partial charge is 0.340 e. The van der Waals surface area contributed by atoms with Gasteiger partial charge in [0.15, 0.2) is 5.82 Å². The highest BCUT2D eigenvalue weighted by molar-refractivity contribution is 7.90. The number of nitrogens with zero attached hydrogens (tertiary/aromatic N) is 2. The minimum atomic E-state index is -3.29. The average molecular weight is 288 g/mol. The van der Waals surface area contributed by atoms with E-state index in [4.69, 9.17) is 4.52 Å².